The highest BCUT2D eigenvalue weighted by molar-refractivity contribution is 6.06. The molecule has 32 heavy (non-hydrogen) atoms. The average Bonchev–Trinajstić information content (AvgIpc) is 3.15. The van der Waals surface area contributed by atoms with E-state index in [-0.39, 0.29) is 24.2 Å². The predicted molar refractivity (Wildman–Crippen MR) is 114 cm³/mol. The molecule has 2 aromatic carbocycles. The lowest BCUT2D eigenvalue weighted by Crippen LogP contribution is -2.31. The second-order valence-electron chi connectivity index (χ2n) is 7.13. The van der Waals surface area contributed by atoms with Gasteiger partial charge >= 0.3 is 12.2 Å². The van der Waals surface area contributed by atoms with Gasteiger partial charge in [0.05, 0.1) is 5.56 Å². The van der Waals surface area contributed by atoms with Gasteiger partial charge in [0.1, 0.15) is 5.75 Å². The molecule has 2 amide bonds. The third-order valence-corrected chi connectivity index (χ3v) is 5.09. The summed E-state index contributed by atoms with van der Waals surface area (Å²) in [5, 5.41) is 0. The molecule has 166 valence electrons. The number of rotatable bonds is 5. The summed E-state index contributed by atoms with van der Waals surface area (Å²) in [6.45, 7) is 2.57. The molecule has 1 aliphatic heterocycles. The van der Waals surface area contributed by atoms with Gasteiger partial charge < -0.3 is 10.5 Å². The number of nitrogens with zero attached hydrogens (tertiary/aromatic N) is 4. The molecule has 1 aromatic heterocycles. The lowest BCUT2D eigenvalue weighted by atomic mass is 10.1. The summed E-state index contributed by atoms with van der Waals surface area (Å²) < 4.78 is 45.0. The van der Waals surface area contributed by atoms with E-state index in [0.717, 1.165) is 17.7 Å². The summed E-state index contributed by atoms with van der Waals surface area (Å²) in [6.07, 6.45) is -2.36. The highest BCUT2D eigenvalue weighted by Crippen LogP contribution is 2.34. The number of aryl methyl sites for hydroxylation is 1. The van der Waals surface area contributed by atoms with Crippen LogP contribution in [0.2, 0.25) is 0 Å². The SMILES string of the molecule is CCc1cc(N2CCN(c3cccc(C(F)(F)F)c3)C2=O)ccc1Oc1ccnc(N)n1. The van der Waals surface area contributed by atoms with E-state index in [1.54, 1.807) is 18.2 Å². The van der Waals surface area contributed by atoms with Crippen LogP contribution in [0.1, 0.15) is 18.1 Å². The van der Waals surface area contributed by atoms with Crippen LogP contribution in [0, 0.1) is 0 Å². The molecule has 0 spiro atoms. The third kappa shape index (κ3) is 4.29. The maximum absolute atomic E-state index is 13.1. The van der Waals surface area contributed by atoms with Crippen molar-refractivity contribution in [2.24, 2.45) is 0 Å². The lowest BCUT2D eigenvalue weighted by Gasteiger charge is -2.21. The molecule has 0 bridgehead atoms. The minimum atomic E-state index is -4.47. The fourth-order valence-electron chi connectivity index (χ4n) is 3.50. The van der Waals surface area contributed by atoms with Crippen molar-refractivity contribution in [2.45, 2.75) is 19.5 Å². The Balaban J connectivity index is 1.56. The normalized spacial score (nSPS) is 14.2. The first kappa shape index (κ1) is 21.4. The van der Waals surface area contributed by atoms with E-state index in [1.807, 2.05) is 13.0 Å². The molecule has 10 heteroatoms. The number of nitrogens with two attached hydrogens (primary N) is 1. The Bertz CT molecular complexity index is 1150. The largest absolute Gasteiger partial charge is 0.439 e. The molecule has 3 aromatic rings. The number of carbonyl (C=O) groups is 1. The van der Waals surface area contributed by atoms with Gasteiger partial charge in [0.25, 0.3) is 0 Å². The summed E-state index contributed by atoms with van der Waals surface area (Å²) >= 11 is 0. The lowest BCUT2D eigenvalue weighted by molar-refractivity contribution is -0.137. The molecular formula is C22H20F3N5O2. The third-order valence-electron chi connectivity index (χ3n) is 5.09. The van der Waals surface area contributed by atoms with Crippen LogP contribution in [-0.2, 0) is 12.6 Å². The number of aromatic nitrogens is 2. The van der Waals surface area contributed by atoms with Crippen LogP contribution in [0.4, 0.5) is 35.3 Å². The smallest absolute Gasteiger partial charge is 0.416 e. The number of urea groups is 1. The van der Waals surface area contributed by atoms with E-state index in [9.17, 15) is 18.0 Å². The molecule has 0 aliphatic carbocycles. The fraction of sp³-hybridized carbons (Fsp3) is 0.227. The van der Waals surface area contributed by atoms with E-state index in [4.69, 9.17) is 10.5 Å². The first-order valence-corrected chi connectivity index (χ1v) is 9.92. The Kier molecular flexibility index (Phi) is 5.60. The Hall–Kier alpha value is -3.82. The Morgan fingerprint density at radius 1 is 1.06 bits per heavy atom. The molecule has 7 nitrogen and oxygen atoms in total. The molecule has 2 N–H and O–H groups in total. The van der Waals surface area contributed by atoms with Crippen LogP contribution in [0.25, 0.3) is 0 Å². The molecular weight excluding hydrogens is 423 g/mol. The molecule has 0 unspecified atom stereocenters. The summed E-state index contributed by atoms with van der Waals surface area (Å²) in [6, 6.07) is 11.3. The van der Waals surface area contributed by atoms with Gasteiger partial charge in [-0.3, -0.25) is 9.80 Å². The van der Waals surface area contributed by atoms with Crippen molar-refractivity contribution in [2.75, 3.05) is 28.6 Å². The molecule has 0 atom stereocenters. The van der Waals surface area contributed by atoms with Crippen molar-refractivity contribution >= 4 is 23.4 Å². The number of halogens is 3. The van der Waals surface area contributed by atoms with Gasteiger partial charge in [-0.1, -0.05) is 13.0 Å². The zero-order valence-corrected chi connectivity index (χ0v) is 17.1. The van der Waals surface area contributed by atoms with Gasteiger partial charge in [-0.05, 0) is 48.4 Å². The van der Waals surface area contributed by atoms with Crippen molar-refractivity contribution in [1.82, 2.24) is 9.97 Å². The predicted octanol–water partition coefficient (Wildman–Crippen LogP) is 4.88. The van der Waals surface area contributed by atoms with E-state index in [2.05, 4.69) is 9.97 Å². The van der Waals surface area contributed by atoms with E-state index < -0.39 is 11.7 Å². The number of hydrogen-bond acceptors (Lipinski definition) is 5. The highest BCUT2D eigenvalue weighted by atomic mass is 19.4. The van der Waals surface area contributed by atoms with Crippen LogP contribution in [-0.4, -0.2) is 29.1 Å². The minimum absolute atomic E-state index is 0.0921. The van der Waals surface area contributed by atoms with E-state index in [0.29, 0.717) is 30.3 Å². The molecule has 1 aliphatic rings. The molecule has 1 saturated heterocycles. The van der Waals surface area contributed by atoms with Gasteiger partial charge in [-0.2, -0.15) is 18.2 Å². The highest BCUT2D eigenvalue weighted by Gasteiger charge is 2.34. The quantitative estimate of drug-likeness (QED) is 0.608. The first-order valence-electron chi connectivity index (χ1n) is 9.92. The van der Waals surface area contributed by atoms with Crippen LogP contribution in [0.3, 0.4) is 0 Å². The van der Waals surface area contributed by atoms with Crippen LogP contribution < -0.4 is 20.3 Å². The van der Waals surface area contributed by atoms with Gasteiger partial charge in [0.15, 0.2) is 0 Å². The topological polar surface area (TPSA) is 84.6 Å². The van der Waals surface area contributed by atoms with Crippen molar-refractivity contribution in [3.05, 3.63) is 65.9 Å². The van der Waals surface area contributed by atoms with Gasteiger partial charge in [0, 0.05) is 36.7 Å². The number of anilines is 3. The number of benzene rings is 2. The number of nitrogen functional groups attached to an aromatic ring is 1. The Labute approximate surface area is 182 Å². The number of ether oxygens (including phenoxy) is 1. The van der Waals surface area contributed by atoms with Crippen molar-refractivity contribution in [3.8, 4) is 11.6 Å². The number of carbonyl (C=O) groups excluding carboxylic acids is 1. The second-order valence-corrected chi connectivity index (χ2v) is 7.13. The first-order chi connectivity index (χ1) is 15.3. The maximum Gasteiger partial charge on any atom is 0.416 e. The zero-order valence-electron chi connectivity index (χ0n) is 17.1. The number of amides is 2. The van der Waals surface area contributed by atoms with E-state index >= 15 is 0 Å². The van der Waals surface area contributed by atoms with Gasteiger partial charge in [0.2, 0.25) is 11.8 Å². The molecule has 0 radical (unpaired) electrons. The summed E-state index contributed by atoms with van der Waals surface area (Å²) in [5.74, 6) is 0.957. The monoisotopic (exact) mass is 443 g/mol. The van der Waals surface area contributed by atoms with Crippen LogP contribution in [0.15, 0.2) is 54.7 Å². The minimum Gasteiger partial charge on any atom is -0.439 e. The molecule has 2 heterocycles. The van der Waals surface area contributed by atoms with E-state index in [1.165, 1.54) is 28.1 Å². The second kappa shape index (κ2) is 8.37. The fourth-order valence-corrected chi connectivity index (χ4v) is 3.50. The summed E-state index contributed by atoms with van der Waals surface area (Å²) in [5.41, 5.74) is 6.48. The van der Waals surface area contributed by atoms with Gasteiger partial charge in [-0.25, -0.2) is 9.78 Å². The molecule has 4 rings (SSSR count). The Morgan fingerprint density at radius 3 is 2.44 bits per heavy atom. The molecule has 1 fully saturated rings. The zero-order chi connectivity index (χ0) is 22.9. The Morgan fingerprint density at radius 2 is 1.78 bits per heavy atom. The van der Waals surface area contributed by atoms with Crippen molar-refractivity contribution < 1.29 is 22.7 Å². The van der Waals surface area contributed by atoms with Crippen LogP contribution in [0.5, 0.6) is 11.6 Å². The number of hydrogen-bond donors (Lipinski definition) is 1. The summed E-state index contributed by atoms with van der Waals surface area (Å²) in [7, 11) is 0. The van der Waals surface area contributed by atoms with Gasteiger partial charge in [-0.15, -0.1) is 0 Å². The summed E-state index contributed by atoms with van der Waals surface area (Å²) in [4.78, 5) is 23.7. The standard InChI is InChI=1S/C22H20F3N5O2/c1-2-14-12-17(6-7-18(14)32-19-8-9-27-20(26)28-19)30-11-10-29(21(30)31)16-5-3-4-15(13-16)22(23,24)25/h3-9,12-13H,2,10-11H2,1H3,(H2,26,27,28). The molecule has 0 saturated carbocycles. The average molecular weight is 443 g/mol. The van der Waals surface area contributed by atoms with Crippen LogP contribution >= 0.6 is 0 Å². The maximum atomic E-state index is 13.1. The number of alkyl halides is 3. The van der Waals surface area contributed by atoms with Crippen molar-refractivity contribution in [3.63, 3.8) is 0 Å². The van der Waals surface area contributed by atoms with Crippen molar-refractivity contribution in [1.29, 1.82) is 0 Å².